The summed E-state index contributed by atoms with van der Waals surface area (Å²) in [6.07, 6.45) is 2.39. The minimum Gasteiger partial charge on any atom is -0.363 e. The summed E-state index contributed by atoms with van der Waals surface area (Å²) in [5.74, 6) is 0.429. The Balaban J connectivity index is 2.03. The zero-order valence-electron chi connectivity index (χ0n) is 18.5. The van der Waals surface area contributed by atoms with Crippen molar-refractivity contribution in [1.29, 1.82) is 0 Å². The zero-order chi connectivity index (χ0) is 22.7. The summed E-state index contributed by atoms with van der Waals surface area (Å²) in [5, 5.41) is 2.98. The second-order valence-electron chi connectivity index (χ2n) is 7.96. The van der Waals surface area contributed by atoms with Crippen molar-refractivity contribution in [2.24, 2.45) is 0 Å². The average Bonchev–Trinajstić information content (AvgIpc) is 2.74. The van der Waals surface area contributed by atoms with Crippen molar-refractivity contribution in [2.45, 2.75) is 46.2 Å². The lowest BCUT2D eigenvalue weighted by molar-refractivity contribution is 0.0952. The van der Waals surface area contributed by atoms with Crippen molar-refractivity contribution in [2.75, 3.05) is 19.0 Å². The predicted octanol–water partition coefficient (Wildman–Crippen LogP) is 2.01. The minimum atomic E-state index is -0.614. The van der Waals surface area contributed by atoms with Crippen LogP contribution >= 0.6 is 0 Å². The molecular formula is C22H28N6O3. The summed E-state index contributed by atoms with van der Waals surface area (Å²) < 4.78 is 1.42. The van der Waals surface area contributed by atoms with Gasteiger partial charge in [-0.2, -0.15) is 0 Å². The molecule has 0 aromatic carbocycles. The van der Waals surface area contributed by atoms with Crippen LogP contribution in [-0.4, -0.2) is 39.5 Å². The Hall–Kier alpha value is -3.49. The van der Waals surface area contributed by atoms with Gasteiger partial charge in [0.15, 0.2) is 5.65 Å². The largest absolute Gasteiger partial charge is 0.363 e. The molecule has 0 saturated heterocycles. The fourth-order valence-corrected chi connectivity index (χ4v) is 3.26. The number of pyridine rings is 2. The van der Waals surface area contributed by atoms with Gasteiger partial charge in [0.05, 0.1) is 10.9 Å². The summed E-state index contributed by atoms with van der Waals surface area (Å²) in [7, 11) is 3.81. The maximum Gasteiger partial charge on any atom is 0.329 e. The van der Waals surface area contributed by atoms with E-state index in [9.17, 15) is 14.4 Å². The highest BCUT2D eigenvalue weighted by molar-refractivity contribution is 6.05. The summed E-state index contributed by atoms with van der Waals surface area (Å²) in [6.45, 7) is 6.48. The Morgan fingerprint density at radius 1 is 1.26 bits per heavy atom. The molecule has 0 bridgehead atoms. The van der Waals surface area contributed by atoms with Crippen molar-refractivity contribution in [3.05, 3.63) is 62.1 Å². The van der Waals surface area contributed by atoms with Gasteiger partial charge in [0.2, 0.25) is 0 Å². The summed E-state index contributed by atoms with van der Waals surface area (Å²) in [5.41, 5.74) is 0.785. The lowest BCUT2D eigenvalue weighted by Crippen LogP contribution is -2.33. The normalized spacial score (nSPS) is 11.2. The van der Waals surface area contributed by atoms with Crippen molar-refractivity contribution < 1.29 is 4.79 Å². The van der Waals surface area contributed by atoms with Crippen LogP contribution in [0.3, 0.4) is 0 Å². The van der Waals surface area contributed by atoms with Crippen LogP contribution in [-0.2, 0) is 13.1 Å². The number of aryl methyl sites for hydroxylation is 1. The van der Waals surface area contributed by atoms with Crippen LogP contribution < -0.4 is 21.5 Å². The van der Waals surface area contributed by atoms with E-state index in [0.717, 1.165) is 11.4 Å². The van der Waals surface area contributed by atoms with Gasteiger partial charge >= 0.3 is 5.69 Å². The Morgan fingerprint density at radius 3 is 2.58 bits per heavy atom. The van der Waals surface area contributed by atoms with E-state index in [0.29, 0.717) is 18.7 Å². The van der Waals surface area contributed by atoms with Gasteiger partial charge in [-0.25, -0.2) is 14.8 Å². The highest BCUT2D eigenvalue weighted by Gasteiger charge is 2.20. The third-order valence-corrected chi connectivity index (χ3v) is 4.97. The molecule has 1 amide bonds. The van der Waals surface area contributed by atoms with Crippen LogP contribution in [0, 0.1) is 0 Å². The van der Waals surface area contributed by atoms with Crippen molar-refractivity contribution >= 4 is 22.8 Å². The molecule has 0 saturated carbocycles. The number of fused-ring (bicyclic) bond motifs is 1. The minimum absolute atomic E-state index is 0.0168. The van der Waals surface area contributed by atoms with E-state index in [1.54, 1.807) is 12.3 Å². The lowest BCUT2D eigenvalue weighted by atomic mass is 10.0. The van der Waals surface area contributed by atoms with Gasteiger partial charge in [0.1, 0.15) is 5.82 Å². The topological polar surface area (TPSA) is 113 Å². The van der Waals surface area contributed by atoms with E-state index < -0.39 is 17.2 Å². The molecular weight excluding hydrogens is 396 g/mol. The number of amides is 1. The number of aromatic nitrogens is 4. The molecule has 0 unspecified atom stereocenters. The smallest absolute Gasteiger partial charge is 0.329 e. The van der Waals surface area contributed by atoms with Crippen LogP contribution in [0.2, 0.25) is 0 Å². The van der Waals surface area contributed by atoms with Gasteiger partial charge in [-0.15, -0.1) is 0 Å². The molecule has 3 rings (SSSR count). The Morgan fingerprint density at radius 2 is 2.00 bits per heavy atom. The predicted molar refractivity (Wildman–Crippen MR) is 121 cm³/mol. The van der Waals surface area contributed by atoms with Gasteiger partial charge in [0, 0.05) is 39.1 Å². The number of carbonyl (C=O) groups is 1. The Bertz CT molecular complexity index is 1210. The maximum atomic E-state index is 13.1. The van der Waals surface area contributed by atoms with Crippen LogP contribution in [0.15, 0.2) is 34.0 Å². The SMILES string of the molecule is CCCn1c(=O)[nH]c(=O)c2c(C(=O)NCc3ccc(N(C)C)nc3)cc(C(C)C)nc21. The van der Waals surface area contributed by atoms with Crippen LogP contribution in [0.4, 0.5) is 5.82 Å². The van der Waals surface area contributed by atoms with Crippen LogP contribution in [0.1, 0.15) is 54.7 Å². The molecule has 9 nitrogen and oxygen atoms in total. The Labute approximate surface area is 180 Å². The maximum absolute atomic E-state index is 13.1. The van der Waals surface area contributed by atoms with E-state index in [1.165, 1.54) is 4.57 Å². The first kappa shape index (κ1) is 22.2. The molecule has 164 valence electrons. The third kappa shape index (κ3) is 4.65. The Kier molecular flexibility index (Phi) is 6.53. The number of H-pyrrole nitrogens is 1. The van der Waals surface area contributed by atoms with E-state index in [2.05, 4.69) is 20.3 Å². The molecule has 9 heteroatoms. The molecule has 0 aliphatic rings. The number of hydrogen-bond donors (Lipinski definition) is 2. The number of hydrogen-bond acceptors (Lipinski definition) is 6. The summed E-state index contributed by atoms with van der Waals surface area (Å²) in [4.78, 5) is 51.2. The van der Waals surface area contributed by atoms with Gasteiger partial charge in [-0.05, 0) is 30.0 Å². The molecule has 0 spiro atoms. The highest BCUT2D eigenvalue weighted by Crippen LogP contribution is 2.20. The molecule has 31 heavy (non-hydrogen) atoms. The van der Waals surface area contributed by atoms with Crippen molar-refractivity contribution in [1.82, 2.24) is 24.8 Å². The number of nitrogens with one attached hydrogen (secondary N) is 2. The molecule has 2 N–H and O–H groups in total. The molecule has 0 fully saturated rings. The van der Waals surface area contributed by atoms with E-state index in [-0.39, 0.29) is 29.1 Å². The fourth-order valence-electron chi connectivity index (χ4n) is 3.26. The first-order valence-corrected chi connectivity index (χ1v) is 10.3. The molecule has 3 aromatic heterocycles. The second-order valence-corrected chi connectivity index (χ2v) is 7.96. The number of carbonyl (C=O) groups excluding carboxylic acids is 1. The summed E-state index contributed by atoms with van der Waals surface area (Å²) in [6, 6.07) is 5.39. The molecule has 0 atom stereocenters. The molecule has 0 aliphatic carbocycles. The fraction of sp³-hybridized carbons (Fsp3) is 0.409. The second kappa shape index (κ2) is 9.11. The number of nitrogens with zero attached hydrogens (tertiary/aromatic N) is 4. The van der Waals surface area contributed by atoms with E-state index in [1.807, 2.05) is 51.9 Å². The average molecular weight is 425 g/mol. The van der Waals surface area contributed by atoms with Gasteiger partial charge in [-0.3, -0.25) is 19.1 Å². The van der Waals surface area contributed by atoms with E-state index >= 15 is 0 Å². The van der Waals surface area contributed by atoms with E-state index in [4.69, 9.17) is 0 Å². The molecule has 3 aromatic rings. The van der Waals surface area contributed by atoms with Crippen LogP contribution in [0.5, 0.6) is 0 Å². The van der Waals surface area contributed by atoms with Gasteiger partial charge in [0.25, 0.3) is 11.5 Å². The monoisotopic (exact) mass is 424 g/mol. The molecule has 0 radical (unpaired) electrons. The number of aromatic amines is 1. The van der Waals surface area contributed by atoms with Gasteiger partial charge < -0.3 is 10.2 Å². The quantitative estimate of drug-likeness (QED) is 0.600. The first-order chi connectivity index (χ1) is 14.7. The summed E-state index contributed by atoms with van der Waals surface area (Å²) >= 11 is 0. The van der Waals surface area contributed by atoms with Crippen molar-refractivity contribution in [3.63, 3.8) is 0 Å². The first-order valence-electron chi connectivity index (χ1n) is 10.3. The molecule has 0 aliphatic heterocycles. The van der Waals surface area contributed by atoms with Gasteiger partial charge in [-0.1, -0.05) is 26.8 Å². The highest BCUT2D eigenvalue weighted by atomic mass is 16.2. The third-order valence-electron chi connectivity index (χ3n) is 4.97. The number of anilines is 1. The molecule has 3 heterocycles. The standard InChI is InChI=1S/C22H28N6O3/c1-6-9-28-19-18(21(30)26-22(28)31)15(10-16(25-19)13(2)3)20(29)24-12-14-7-8-17(23-11-14)27(4)5/h7-8,10-11,13H,6,9,12H2,1-5H3,(H,24,29)(H,26,30,31). The van der Waals surface area contributed by atoms with Crippen LogP contribution in [0.25, 0.3) is 11.0 Å². The zero-order valence-corrected chi connectivity index (χ0v) is 18.5. The van der Waals surface area contributed by atoms with Crippen molar-refractivity contribution in [3.8, 4) is 0 Å². The lowest BCUT2D eigenvalue weighted by Gasteiger charge is -2.15. The number of rotatable bonds is 7.